The first-order chi connectivity index (χ1) is 10.3. The number of pyridine rings is 1. The van der Waals surface area contributed by atoms with Crippen LogP contribution in [0.1, 0.15) is 49.7 Å². The topological polar surface area (TPSA) is 51.7 Å². The number of nitrogens with zero attached hydrogens (tertiary/aromatic N) is 2. The molecular formula is C17H26N2O3. The van der Waals surface area contributed by atoms with Gasteiger partial charge in [-0.15, -0.1) is 0 Å². The van der Waals surface area contributed by atoms with Crippen molar-refractivity contribution in [1.29, 1.82) is 0 Å². The average Bonchev–Trinajstić information content (AvgIpc) is 2.45. The van der Waals surface area contributed by atoms with E-state index in [1.165, 1.54) is 7.11 Å². The molecule has 122 valence electrons. The summed E-state index contributed by atoms with van der Waals surface area (Å²) in [5, 5.41) is 0. The van der Waals surface area contributed by atoms with E-state index in [-0.39, 0.29) is 11.6 Å². The van der Waals surface area contributed by atoms with Gasteiger partial charge in [-0.3, -0.25) is 0 Å². The second kappa shape index (κ2) is 6.65. The molecule has 0 atom stereocenters. The van der Waals surface area contributed by atoms with Crippen LogP contribution in [0.25, 0.3) is 0 Å². The number of hydrogen-bond acceptors (Lipinski definition) is 5. The van der Waals surface area contributed by atoms with E-state index < -0.39 is 0 Å². The van der Waals surface area contributed by atoms with Crippen molar-refractivity contribution in [2.24, 2.45) is 0 Å². The lowest BCUT2D eigenvalue weighted by Crippen LogP contribution is -2.40. The number of esters is 1. The van der Waals surface area contributed by atoms with Crippen molar-refractivity contribution in [1.82, 2.24) is 4.98 Å². The number of methoxy groups -OCH3 is 1. The molecule has 0 aromatic carbocycles. The summed E-state index contributed by atoms with van der Waals surface area (Å²) in [5.41, 5.74) is 1.14. The summed E-state index contributed by atoms with van der Waals surface area (Å²) in [7, 11) is 1.38. The summed E-state index contributed by atoms with van der Waals surface area (Å²) >= 11 is 0. The average molecular weight is 306 g/mol. The first kappa shape index (κ1) is 16.7. The van der Waals surface area contributed by atoms with E-state index >= 15 is 0 Å². The Labute approximate surface area is 132 Å². The van der Waals surface area contributed by atoms with Crippen molar-refractivity contribution in [3.05, 3.63) is 23.4 Å². The minimum atomic E-state index is -0.339. The number of aryl methyl sites for hydroxylation is 1. The molecule has 1 fully saturated rings. The van der Waals surface area contributed by atoms with Gasteiger partial charge >= 0.3 is 5.97 Å². The minimum absolute atomic E-state index is 0.0934. The molecule has 0 radical (unpaired) electrons. The number of anilines is 1. The second-order valence-electron chi connectivity index (χ2n) is 6.71. The molecule has 2 heterocycles. The Kier molecular flexibility index (Phi) is 5.06. The van der Waals surface area contributed by atoms with Gasteiger partial charge in [-0.05, 0) is 52.7 Å². The number of aromatic nitrogens is 1. The van der Waals surface area contributed by atoms with Crippen molar-refractivity contribution in [2.75, 3.05) is 25.1 Å². The van der Waals surface area contributed by atoms with Crippen molar-refractivity contribution in [2.45, 2.75) is 52.2 Å². The van der Waals surface area contributed by atoms with Gasteiger partial charge in [-0.1, -0.05) is 0 Å². The van der Waals surface area contributed by atoms with Crippen molar-refractivity contribution in [3.63, 3.8) is 0 Å². The highest BCUT2D eigenvalue weighted by Gasteiger charge is 2.25. The van der Waals surface area contributed by atoms with Crippen LogP contribution in [0.4, 0.5) is 5.82 Å². The molecule has 1 aromatic rings. The summed E-state index contributed by atoms with van der Waals surface area (Å²) in [6, 6.07) is 3.69. The van der Waals surface area contributed by atoms with Crippen LogP contribution in [-0.4, -0.2) is 42.9 Å². The zero-order valence-corrected chi connectivity index (χ0v) is 14.2. The third-order valence-corrected chi connectivity index (χ3v) is 3.76. The number of rotatable bonds is 3. The van der Waals surface area contributed by atoms with Gasteiger partial charge in [-0.2, -0.15) is 0 Å². The Morgan fingerprint density at radius 3 is 2.41 bits per heavy atom. The molecule has 0 aliphatic carbocycles. The van der Waals surface area contributed by atoms with Crippen LogP contribution in [0.15, 0.2) is 12.1 Å². The first-order valence-electron chi connectivity index (χ1n) is 7.79. The summed E-state index contributed by atoms with van der Waals surface area (Å²) in [5.74, 6) is 0.577. The predicted molar refractivity (Wildman–Crippen MR) is 86.4 cm³/mol. The molecule has 0 bridgehead atoms. The number of hydrogen-bond donors (Lipinski definition) is 0. The second-order valence-corrected chi connectivity index (χ2v) is 6.71. The van der Waals surface area contributed by atoms with Crippen LogP contribution >= 0.6 is 0 Å². The Bertz CT molecular complexity index is 529. The highest BCUT2D eigenvalue weighted by Crippen LogP contribution is 2.24. The molecule has 0 amide bonds. The molecule has 1 aromatic heterocycles. The van der Waals surface area contributed by atoms with Crippen LogP contribution in [0.2, 0.25) is 0 Å². The van der Waals surface area contributed by atoms with Crippen LogP contribution in [0, 0.1) is 6.92 Å². The third kappa shape index (κ3) is 4.19. The lowest BCUT2D eigenvalue weighted by molar-refractivity contribution is -0.0683. The molecule has 0 N–H and O–H groups in total. The molecule has 5 heteroatoms. The zero-order valence-electron chi connectivity index (χ0n) is 14.2. The van der Waals surface area contributed by atoms with Crippen LogP contribution in [0.3, 0.4) is 0 Å². The third-order valence-electron chi connectivity index (χ3n) is 3.76. The monoisotopic (exact) mass is 306 g/mol. The fraction of sp³-hybridized carbons (Fsp3) is 0.647. The maximum atomic E-state index is 11.6. The van der Waals surface area contributed by atoms with E-state index in [4.69, 9.17) is 9.47 Å². The number of piperidine rings is 1. The van der Waals surface area contributed by atoms with Gasteiger partial charge in [0.15, 0.2) is 0 Å². The lowest BCUT2D eigenvalue weighted by Gasteiger charge is -2.36. The molecule has 1 aliphatic rings. The quantitative estimate of drug-likeness (QED) is 0.804. The van der Waals surface area contributed by atoms with Gasteiger partial charge < -0.3 is 14.4 Å². The summed E-state index contributed by atoms with van der Waals surface area (Å²) < 4.78 is 10.8. The lowest BCUT2D eigenvalue weighted by atomic mass is 10.1. The Morgan fingerprint density at radius 2 is 1.91 bits per heavy atom. The van der Waals surface area contributed by atoms with Crippen molar-refractivity contribution in [3.8, 4) is 0 Å². The Balaban J connectivity index is 2.00. The molecular weight excluding hydrogens is 280 g/mol. The van der Waals surface area contributed by atoms with E-state index in [1.54, 1.807) is 6.07 Å². The number of carbonyl (C=O) groups excluding carboxylic acids is 1. The van der Waals surface area contributed by atoms with Crippen LogP contribution in [0.5, 0.6) is 0 Å². The smallest absolute Gasteiger partial charge is 0.339 e. The highest BCUT2D eigenvalue weighted by atomic mass is 16.5. The SMILES string of the molecule is COC(=O)c1ccc(N2CCC(OC(C)(C)C)CC2)nc1C. The highest BCUT2D eigenvalue weighted by molar-refractivity contribution is 5.90. The summed E-state index contributed by atoms with van der Waals surface area (Å²) in [6.07, 6.45) is 2.31. The molecule has 22 heavy (non-hydrogen) atoms. The van der Waals surface area contributed by atoms with Gasteiger partial charge in [0, 0.05) is 13.1 Å². The Hall–Kier alpha value is -1.62. The fourth-order valence-corrected chi connectivity index (χ4v) is 2.75. The maximum absolute atomic E-state index is 11.6. The first-order valence-corrected chi connectivity index (χ1v) is 7.79. The zero-order chi connectivity index (χ0) is 16.3. The molecule has 0 saturated carbocycles. The summed E-state index contributed by atoms with van der Waals surface area (Å²) in [6.45, 7) is 9.96. The van der Waals surface area contributed by atoms with Gasteiger partial charge in [0.25, 0.3) is 0 Å². The summed E-state index contributed by atoms with van der Waals surface area (Å²) in [4.78, 5) is 18.4. The van der Waals surface area contributed by atoms with E-state index in [1.807, 2.05) is 13.0 Å². The van der Waals surface area contributed by atoms with Crippen molar-refractivity contribution < 1.29 is 14.3 Å². The van der Waals surface area contributed by atoms with E-state index in [0.717, 1.165) is 31.7 Å². The van der Waals surface area contributed by atoms with Crippen LogP contribution < -0.4 is 4.90 Å². The molecule has 5 nitrogen and oxygen atoms in total. The van der Waals surface area contributed by atoms with Crippen LogP contribution in [-0.2, 0) is 9.47 Å². The molecule has 0 unspecified atom stereocenters. The van der Waals surface area contributed by atoms with Gasteiger partial charge in [0.05, 0.1) is 30.1 Å². The fourth-order valence-electron chi connectivity index (χ4n) is 2.75. The maximum Gasteiger partial charge on any atom is 0.339 e. The normalized spacial score (nSPS) is 16.7. The molecule has 1 aliphatic heterocycles. The van der Waals surface area contributed by atoms with E-state index in [0.29, 0.717) is 17.4 Å². The number of ether oxygens (including phenoxy) is 2. The van der Waals surface area contributed by atoms with E-state index in [2.05, 4.69) is 30.7 Å². The molecule has 0 spiro atoms. The molecule has 2 rings (SSSR count). The van der Waals surface area contributed by atoms with Crippen molar-refractivity contribution >= 4 is 11.8 Å². The Morgan fingerprint density at radius 1 is 1.27 bits per heavy atom. The van der Waals surface area contributed by atoms with Gasteiger partial charge in [0.1, 0.15) is 5.82 Å². The van der Waals surface area contributed by atoms with E-state index in [9.17, 15) is 4.79 Å². The van der Waals surface area contributed by atoms with Gasteiger partial charge in [0.2, 0.25) is 0 Å². The van der Waals surface area contributed by atoms with Gasteiger partial charge in [-0.25, -0.2) is 9.78 Å². The number of carbonyl (C=O) groups is 1. The minimum Gasteiger partial charge on any atom is -0.465 e. The predicted octanol–water partition coefficient (Wildman–Crippen LogP) is 2.96. The molecule has 1 saturated heterocycles. The largest absolute Gasteiger partial charge is 0.465 e. The standard InChI is InChI=1S/C17H26N2O3/c1-12-14(16(20)21-5)6-7-15(18-12)19-10-8-13(9-11-19)22-17(2,3)4/h6-7,13H,8-11H2,1-5H3.